The van der Waals surface area contributed by atoms with Crippen LogP contribution in [0.5, 0.6) is 0 Å². The van der Waals surface area contributed by atoms with E-state index in [0.717, 1.165) is 25.7 Å². The molecule has 1 saturated carbocycles. The predicted molar refractivity (Wildman–Crippen MR) is 91.4 cm³/mol. The Balaban J connectivity index is 2.05. The van der Waals surface area contributed by atoms with E-state index in [0.29, 0.717) is 22.5 Å². The van der Waals surface area contributed by atoms with Crippen molar-refractivity contribution in [3.8, 4) is 6.07 Å². The molecule has 24 heavy (non-hydrogen) atoms. The average Bonchev–Trinajstić information content (AvgIpc) is 2.62. The SMILES string of the molecule is CC1=C(C(=O)c2ccccc2)C(C2CCCCC2)C(C#N)=C(N)O1. The Bertz CT molecular complexity index is 735. The Morgan fingerprint density at radius 1 is 1.21 bits per heavy atom. The average molecular weight is 322 g/mol. The van der Waals surface area contributed by atoms with E-state index >= 15 is 0 Å². The van der Waals surface area contributed by atoms with Crippen LogP contribution in [0.25, 0.3) is 0 Å². The summed E-state index contributed by atoms with van der Waals surface area (Å²) >= 11 is 0. The lowest BCUT2D eigenvalue weighted by atomic mass is 9.71. The van der Waals surface area contributed by atoms with Crippen molar-refractivity contribution in [2.24, 2.45) is 17.6 Å². The Morgan fingerprint density at radius 2 is 1.88 bits per heavy atom. The fourth-order valence-electron chi connectivity index (χ4n) is 3.90. The molecule has 1 aliphatic carbocycles. The van der Waals surface area contributed by atoms with Crippen molar-refractivity contribution in [2.45, 2.75) is 39.0 Å². The molecule has 2 aliphatic rings. The topological polar surface area (TPSA) is 76.1 Å². The monoisotopic (exact) mass is 322 g/mol. The number of hydrogen-bond donors (Lipinski definition) is 1. The lowest BCUT2D eigenvalue weighted by Gasteiger charge is -2.34. The van der Waals surface area contributed by atoms with Crippen molar-refractivity contribution < 1.29 is 9.53 Å². The Hall–Kier alpha value is -2.54. The second-order valence-corrected chi connectivity index (χ2v) is 6.53. The molecule has 0 saturated heterocycles. The number of nitrogens with zero attached hydrogens (tertiary/aromatic N) is 1. The molecule has 1 unspecified atom stereocenters. The molecule has 2 N–H and O–H groups in total. The third kappa shape index (κ3) is 2.94. The summed E-state index contributed by atoms with van der Waals surface area (Å²) in [6.45, 7) is 1.77. The molecular weight excluding hydrogens is 300 g/mol. The second-order valence-electron chi connectivity index (χ2n) is 6.53. The first kappa shape index (κ1) is 16.3. The Kier molecular flexibility index (Phi) is 4.71. The quantitative estimate of drug-likeness (QED) is 0.851. The number of benzene rings is 1. The van der Waals surface area contributed by atoms with Crippen LogP contribution < -0.4 is 5.73 Å². The first-order valence-corrected chi connectivity index (χ1v) is 8.51. The zero-order valence-corrected chi connectivity index (χ0v) is 13.9. The molecule has 0 radical (unpaired) electrons. The molecule has 0 bridgehead atoms. The van der Waals surface area contributed by atoms with Gasteiger partial charge in [0.25, 0.3) is 0 Å². The van der Waals surface area contributed by atoms with Gasteiger partial charge in [0.1, 0.15) is 11.8 Å². The van der Waals surface area contributed by atoms with Gasteiger partial charge < -0.3 is 10.5 Å². The van der Waals surface area contributed by atoms with E-state index in [1.807, 2.05) is 18.2 Å². The van der Waals surface area contributed by atoms with Gasteiger partial charge in [-0.15, -0.1) is 0 Å². The largest absolute Gasteiger partial charge is 0.445 e. The van der Waals surface area contributed by atoms with Crippen molar-refractivity contribution >= 4 is 5.78 Å². The van der Waals surface area contributed by atoms with Gasteiger partial charge >= 0.3 is 0 Å². The summed E-state index contributed by atoms with van der Waals surface area (Å²) in [6, 6.07) is 11.4. The Morgan fingerprint density at radius 3 is 2.50 bits per heavy atom. The van der Waals surface area contributed by atoms with Crippen LogP contribution in [0, 0.1) is 23.2 Å². The third-order valence-corrected chi connectivity index (χ3v) is 5.05. The van der Waals surface area contributed by atoms with Crippen LogP contribution >= 0.6 is 0 Å². The summed E-state index contributed by atoms with van der Waals surface area (Å²) < 4.78 is 5.56. The summed E-state index contributed by atoms with van der Waals surface area (Å²) in [6.07, 6.45) is 5.51. The lowest BCUT2D eigenvalue weighted by molar-refractivity contribution is 0.0994. The van der Waals surface area contributed by atoms with E-state index in [-0.39, 0.29) is 23.5 Å². The Labute approximate surface area is 142 Å². The molecule has 1 fully saturated rings. The molecule has 0 amide bonds. The van der Waals surface area contributed by atoms with Crippen molar-refractivity contribution in [1.82, 2.24) is 0 Å². The summed E-state index contributed by atoms with van der Waals surface area (Å²) in [4.78, 5) is 13.1. The number of allylic oxidation sites excluding steroid dienone is 3. The molecule has 1 aromatic carbocycles. The number of nitriles is 1. The summed E-state index contributed by atoms with van der Waals surface area (Å²) in [5.74, 6) is 0.625. The van der Waals surface area contributed by atoms with Gasteiger partial charge in [0.15, 0.2) is 5.78 Å². The van der Waals surface area contributed by atoms with E-state index < -0.39 is 0 Å². The molecule has 0 aromatic heterocycles. The van der Waals surface area contributed by atoms with Gasteiger partial charge in [0.05, 0.1) is 5.57 Å². The van der Waals surface area contributed by atoms with Crippen molar-refractivity contribution in [3.63, 3.8) is 0 Å². The predicted octanol–water partition coefficient (Wildman–Crippen LogP) is 4.06. The van der Waals surface area contributed by atoms with Gasteiger partial charge in [-0.2, -0.15) is 5.26 Å². The van der Waals surface area contributed by atoms with Crippen LogP contribution in [-0.2, 0) is 4.74 Å². The van der Waals surface area contributed by atoms with E-state index in [1.54, 1.807) is 19.1 Å². The van der Waals surface area contributed by atoms with Crippen molar-refractivity contribution in [1.29, 1.82) is 5.26 Å². The van der Waals surface area contributed by atoms with E-state index in [1.165, 1.54) is 6.42 Å². The van der Waals surface area contributed by atoms with E-state index in [9.17, 15) is 10.1 Å². The van der Waals surface area contributed by atoms with Gasteiger partial charge in [-0.05, 0) is 25.7 Å². The standard InChI is InChI=1S/C20H22N2O2/c1-13-17(19(23)15-10-6-3-7-11-15)18(14-8-4-2-5-9-14)16(12-21)20(22)24-13/h3,6-7,10-11,14,18H,2,4-5,8-9,22H2,1H3. The number of hydrogen-bond acceptors (Lipinski definition) is 4. The molecular formula is C20H22N2O2. The fraction of sp³-hybridized carbons (Fsp3) is 0.400. The zero-order chi connectivity index (χ0) is 17.1. The highest BCUT2D eigenvalue weighted by molar-refractivity contribution is 6.09. The van der Waals surface area contributed by atoms with Crippen LogP contribution in [0.15, 0.2) is 53.1 Å². The minimum Gasteiger partial charge on any atom is -0.445 e. The molecule has 4 heteroatoms. The normalized spacial score (nSPS) is 22.1. The number of ketones is 1. The molecule has 124 valence electrons. The van der Waals surface area contributed by atoms with Crippen LogP contribution in [0.1, 0.15) is 49.4 Å². The third-order valence-electron chi connectivity index (χ3n) is 5.05. The fourth-order valence-corrected chi connectivity index (χ4v) is 3.90. The van der Waals surface area contributed by atoms with Crippen LogP contribution in [0.2, 0.25) is 0 Å². The second kappa shape index (κ2) is 6.92. The van der Waals surface area contributed by atoms with Gasteiger partial charge in [0, 0.05) is 17.1 Å². The number of Topliss-reactive ketones (excluding diaryl/α,β-unsaturated/α-hetero) is 1. The molecule has 0 spiro atoms. The minimum absolute atomic E-state index is 0.0658. The number of ether oxygens (including phenoxy) is 1. The van der Waals surface area contributed by atoms with Crippen molar-refractivity contribution in [2.75, 3.05) is 0 Å². The van der Waals surface area contributed by atoms with Crippen LogP contribution in [0.4, 0.5) is 0 Å². The van der Waals surface area contributed by atoms with Gasteiger partial charge in [-0.1, -0.05) is 49.6 Å². The molecule has 4 nitrogen and oxygen atoms in total. The van der Waals surface area contributed by atoms with Crippen LogP contribution in [-0.4, -0.2) is 5.78 Å². The van der Waals surface area contributed by atoms with Gasteiger partial charge in [-0.3, -0.25) is 4.79 Å². The highest BCUT2D eigenvalue weighted by atomic mass is 16.5. The first-order valence-electron chi connectivity index (χ1n) is 8.51. The number of rotatable bonds is 3. The maximum atomic E-state index is 13.1. The summed E-state index contributed by atoms with van der Waals surface area (Å²) in [5.41, 5.74) is 7.59. The maximum Gasteiger partial charge on any atom is 0.204 e. The lowest BCUT2D eigenvalue weighted by Crippen LogP contribution is -2.31. The first-order chi connectivity index (χ1) is 11.6. The smallest absolute Gasteiger partial charge is 0.204 e. The summed E-state index contributed by atoms with van der Waals surface area (Å²) in [7, 11) is 0. The highest BCUT2D eigenvalue weighted by Gasteiger charge is 2.39. The molecule has 1 aromatic rings. The van der Waals surface area contributed by atoms with E-state index in [4.69, 9.17) is 10.5 Å². The highest BCUT2D eigenvalue weighted by Crippen LogP contribution is 2.43. The molecule has 1 aliphatic heterocycles. The zero-order valence-electron chi connectivity index (χ0n) is 13.9. The number of carbonyl (C=O) groups excluding carboxylic acids is 1. The molecule has 1 atom stereocenters. The minimum atomic E-state index is -0.253. The number of nitrogens with two attached hydrogens (primary N) is 1. The van der Waals surface area contributed by atoms with E-state index in [2.05, 4.69) is 6.07 Å². The van der Waals surface area contributed by atoms with Crippen molar-refractivity contribution in [3.05, 3.63) is 58.7 Å². The summed E-state index contributed by atoms with van der Waals surface area (Å²) in [5, 5.41) is 9.62. The molecule has 3 rings (SSSR count). The van der Waals surface area contributed by atoms with Crippen LogP contribution in [0.3, 0.4) is 0 Å². The van der Waals surface area contributed by atoms with Gasteiger partial charge in [-0.25, -0.2) is 0 Å². The molecule has 1 heterocycles. The van der Waals surface area contributed by atoms with Gasteiger partial charge in [0.2, 0.25) is 5.88 Å². The number of carbonyl (C=O) groups is 1. The maximum absolute atomic E-state index is 13.1.